The van der Waals surface area contributed by atoms with E-state index in [2.05, 4.69) is 10.2 Å². The predicted molar refractivity (Wildman–Crippen MR) is 68.7 cm³/mol. The third-order valence-electron chi connectivity index (χ3n) is 2.48. The van der Waals surface area contributed by atoms with Crippen LogP contribution in [0.4, 0.5) is 0 Å². The molecule has 18 heavy (non-hydrogen) atoms. The normalized spacial score (nSPS) is 11.9. The first-order valence-electron chi connectivity index (χ1n) is 5.20. The van der Waals surface area contributed by atoms with Gasteiger partial charge < -0.3 is 0 Å². The Balaban J connectivity index is 2.20. The van der Waals surface area contributed by atoms with Gasteiger partial charge in [0.2, 0.25) is 10.0 Å². The molecule has 1 aromatic carbocycles. The van der Waals surface area contributed by atoms with Crippen molar-refractivity contribution in [1.29, 1.82) is 0 Å². The fourth-order valence-electron chi connectivity index (χ4n) is 1.54. The van der Waals surface area contributed by atoms with Crippen molar-refractivity contribution in [2.45, 2.75) is 11.4 Å². The molecule has 0 radical (unpaired) electrons. The predicted octanol–water partition coefficient (Wildman–Crippen LogP) is 1.88. The highest BCUT2D eigenvalue weighted by Crippen LogP contribution is 2.17. The maximum absolute atomic E-state index is 12.1. The Morgan fingerprint density at radius 3 is 2.83 bits per heavy atom. The maximum Gasteiger partial charge on any atom is 0.246 e. The average Bonchev–Trinajstić information content (AvgIpc) is 2.82. The number of benzene rings is 1. The first-order chi connectivity index (χ1) is 8.50. The number of halogens is 1. The lowest BCUT2D eigenvalue weighted by atomic mass is 10.2. The van der Waals surface area contributed by atoms with Crippen LogP contribution in [0, 0.1) is 0 Å². The van der Waals surface area contributed by atoms with Gasteiger partial charge in [-0.05, 0) is 17.7 Å². The van der Waals surface area contributed by atoms with E-state index in [4.69, 9.17) is 11.6 Å². The molecule has 5 nitrogen and oxygen atoms in total. The van der Waals surface area contributed by atoms with Crippen LogP contribution >= 0.6 is 11.6 Å². The summed E-state index contributed by atoms with van der Waals surface area (Å²) in [7, 11) is -1.99. The molecule has 0 spiro atoms. The zero-order valence-electron chi connectivity index (χ0n) is 9.67. The Morgan fingerprint density at radius 1 is 1.44 bits per heavy atom. The largest absolute Gasteiger partial charge is 0.284 e. The molecule has 0 saturated heterocycles. The molecule has 7 heteroatoms. The number of nitrogens with one attached hydrogen (secondary N) is 1. The number of sulfonamides is 1. The first kappa shape index (κ1) is 13.1. The van der Waals surface area contributed by atoms with Gasteiger partial charge in [0.15, 0.2) is 0 Å². The van der Waals surface area contributed by atoms with Crippen LogP contribution in [-0.4, -0.2) is 30.0 Å². The summed E-state index contributed by atoms with van der Waals surface area (Å²) < 4.78 is 25.5. The van der Waals surface area contributed by atoms with E-state index >= 15 is 0 Å². The van der Waals surface area contributed by atoms with Crippen LogP contribution in [0.15, 0.2) is 41.6 Å². The van der Waals surface area contributed by atoms with Crippen LogP contribution in [0.2, 0.25) is 5.02 Å². The Labute approximate surface area is 110 Å². The van der Waals surface area contributed by atoms with Gasteiger partial charge in [0, 0.05) is 24.8 Å². The standard InChI is InChI=1S/C11H12ClN3O2S/c1-15(8-9-3-2-4-10(12)5-9)18(16,17)11-6-13-14-7-11/h2-7H,8H2,1H3,(H,13,14). The number of H-pyrrole nitrogens is 1. The SMILES string of the molecule is CN(Cc1cccc(Cl)c1)S(=O)(=O)c1cn[nH]c1. The first-order valence-corrected chi connectivity index (χ1v) is 7.01. The lowest BCUT2D eigenvalue weighted by molar-refractivity contribution is 0.467. The number of hydrogen-bond acceptors (Lipinski definition) is 3. The molecule has 96 valence electrons. The fourth-order valence-corrected chi connectivity index (χ4v) is 2.82. The van der Waals surface area contributed by atoms with Crippen molar-refractivity contribution in [2.75, 3.05) is 7.05 Å². The van der Waals surface area contributed by atoms with E-state index in [0.29, 0.717) is 5.02 Å². The Kier molecular flexibility index (Phi) is 3.70. The molecule has 2 aromatic rings. The molecule has 0 fully saturated rings. The van der Waals surface area contributed by atoms with E-state index in [0.717, 1.165) is 5.56 Å². The molecule has 0 atom stereocenters. The average molecular weight is 286 g/mol. The highest BCUT2D eigenvalue weighted by molar-refractivity contribution is 7.89. The van der Waals surface area contributed by atoms with E-state index in [-0.39, 0.29) is 11.4 Å². The van der Waals surface area contributed by atoms with Gasteiger partial charge in [0.1, 0.15) is 4.90 Å². The molecule has 2 rings (SSSR count). The van der Waals surface area contributed by atoms with E-state index in [1.165, 1.54) is 23.7 Å². The third kappa shape index (κ3) is 2.72. The monoisotopic (exact) mass is 285 g/mol. The molecule has 1 N–H and O–H groups in total. The van der Waals surface area contributed by atoms with Crippen molar-refractivity contribution in [2.24, 2.45) is 0 Å². The number of rotatable bonds is 4. The van der Waals surface area contributed by atoms with E-state index < -0.39 is 10.0 Å². The van der Waals surface area contributed by atoms with Gasteiger partial charge in [-0.25, -0.2) is 8.42 Å². The summed E-state index contributed by atoms with van der Waals surface area (Å²) in [6.07, 6.45) is 2.63. The summed E-state index contributed by atoms with van der Waals surface area (Å²) in [4.78, 5) is 0.145. The number of hydrogen-bond donors (Lipinski definition) is 1. The lowest BCUT2D eigenvalue weighted by Gasteiger charge is -2.16. The van der Waals surface area contributed by atoms with Gasteiger partial charge in [-0.15, -0.1) is 0 Å². The second kappa shape index (κ2) is 5.09. The quantitative estimate of drug-likeness (QED) is 0.933. The molecule has 0 amide bonds. The molecule has 0 aliphatic carbocycles. The van der Waals surface area contributed by atoms with Crippen LogP contribution in [0.3, 0.4) is 0 Å². The second-order valence-corrected chi connectivity index (χ2v) is 6.31. The second-order valence-electron chi connectivity index (χ2n) is 3.83. The van der Waals surface area contributed by atoms with Crippen LogP contribution < -0.4 is 0 Å². The minimum Gasteiger partial charge on any atom is -0.284 e. The topological polar surface area (TPSA) is 66.1 Å². The Morgan fingerprint density at radius 2 is 2.22 bits per heavy atom. The molecule has 1 aromatic heterocycles. The zero-order chi connectivity index (χ0) is 13.2. The molecular formula is C11H12ClN3O2S. The summed E-state index contributed by atoms with van der Waals surface area (Å²) in [5.41, 5.74) is 0.831. The third-order valence-corrected chi connectivity index (χ3v) is 4.48. The van der Waals surface area contributed by atoms with Gasteiger partial charge in [-0.1, -0.05) is 23.7 Å². The van der Waals surface area contributed by atoms with Crippen molar-refractivity contribution >= 4 is 21.6 Å². The van der Waals surface area contributed by atoms with Gasteiger partial charge >= 0.3 is 0 Å². The molecular weight excluding hydrogens is 274 g/mol. The minimum absolute atomic E-state index is 0.145. The smallest absolute Gasteiger partial charge is 0.246 e. The maximum atomic E-state index is 12.1. The van der Waals surface area contributed by atoms with E-state index in [9.17, 15) is 8.42 Å². The molecule has 0 aliphatic rings. The van der Waals surface area contributed by atoms with Gasteiger partial charge in [0.25, 0.3) is 0 Å². The highest BCUT2D eigenvalue weighted by Gasteiger charge is 2.21. The number of nitrogens with zero attached hydrogens (tertiary/aromatic N) is 2. The van der Waals surface area contributed by atoms with Gasteiger partial charge in [-0.3, -0.25) is 5.10 Å². The van der Waals surface area contributed by atoms with Crippen LogP contribution in [-0.2, 0) is 16.6 Å². The molecule has 0 aliphatic heterocycles. The number of aromatic amines is 1. The Bertz CT molecular complexity index is 625. The Hall–Kier alpha value is -1.37. The van der Waals surface area contributed by atoms with Crippen molar-refractivity contribution in [3.8, 4) is 0 Å². The number of aromatic nitrogens is 2. The van der Waals surface area contributed by atoms with Crippen molar-refractivity contribution in [1.82, 2.24) is 14.5 Å². The summed E-state index contributed by atoms with van der Waals surface area (Å²) in [6.45, 7) is 0.258. The fraction of sp³-hybridized carbons (Fsp3) is 0.182. The van der Waals surface area contributed by atoms with Crippen molar-refractivity contribution in [3.63, 3.8) is 0 Å². The van der Waals surface area contributed by atoms with Crippen LogP contribution in [0.25, 0.3) is 0 Å². The van der Waals surface area contributed by atoms with Gasteiger partial charge in [0.05, 0.1) is 6.20 Å². The van der Waals surface area contributed by atoms with Crippen molar-refractivity contribution < 1.29 is 8.42 Å². The lowest BCUT2D eigenvalue weighted by Crippen LogP contribution is -2.26. The summed E-state index contributed by atoms with van der Waals surface area (Å²) in [5.74, 6) is 0. The van der Waals surface area contributed by atoms with Crippen LogP contribution in [0.1, 0.15) is 5.56 Å². The zero-order valence-corrected chi connectivity index (χ0v) is 11.2. The van der Waals surface area contributed by atoms with Gasteiger partial charge in [-0.2, -0.15) is 9.40 Å². The molecule has 0 unspecified atom stereocenters. The minimum atomic E-state index is -3.51. The highest BCUT2D eigenvalue weighted by atomic mass is 35.5. The molecule has 0 saturated carbocycles. The summed E-state index contributed by atoms with van der Waals surface area (Å²) in [5, 5.41) is 6.71. The molecule has 0 bridgehead atoms. The van der Waals surface area contributed by atoms with E-state index in [1.807, 2.05) is 6.07 Å². The van der Waals surface area contributed by atoms with E-state index in [1.54, 1.807) is 18.2 Å². The van der Waals surface area contributed by atoms with Crippen LogP contribution in [0.5, 0.6) is 0 Å². The molecule has 1 heterocycles. The summed E-state index contributed by atoms with van der Waals surface area (Å²) >= 11 is 5.86. The summed E-state index contributed by atoms with van der Waals surface area (Å²) in [6, 6.07) is 7.10. The van der Waals surface area contributed by atoms with Crippen molar-refractivity contribution in [3.05, 3.63) is 47.2 Å².